The van der Waals surface area contributed by atoms with Crippen LogP contribution in [0.25, 0.3) is 0 Å². The Labute approximate surface area is 105 Å². The van der Waals surface area contributed by atoms with Gasteiger partial charge < -0.3 is 10.2 Å². The van der Waals surface area contributed by atoms with Crippen molar-refractivity contribution in [3.05, 3.63) is 0 Å². The molecule has 1 aliphatic carbocycles. The molecule has 0 atom stereocenters. The quantitative estimate of drug-likeness (QED) is 0.814. The fraction of sp³-hybridized carbons (Fsp3) is 0.929. The second kappa shape index (κ2) is 7.00. The van der Waals surface area contributed by atoms with Crippen molar-refractivity contribution in [2.45, 2.75) is 51.4 Å². The molecular weight excluding hydrogens is 212 g/mol. The van der Waals surface area contributed by atoms with E-state index in [0.717, 1.165) is 25.6 Å². The van der Waals surface area contributed by atoms with Gasteiger partial charge in [0.15, 0.2) is 0 Å². The lowest BCUT2D eigenvalue weighted by atomic mass is 9.89. The first-order chi connectivity index (χ1) is 8.36. The molecule has 0 aromatic rings. The van der Waals surface area contributed by atoms with E-state index < -0.39 is 0 Å². The summed E-state index contributed by atoms with van der Waals surface area (Å²) in [5, 5.41) is 3.36. The van der Waals surface area contributed by atoms with Gasteiger partial charge in [-0.05, 0) is 44.6 Å². The van der Waals surface area contributed by atoms with E-state index in [2.05, 4.69) is 5.32 Å². The van der Waals surface area contributed by atoms with E-state index >= 15 is 0 Å². The Balaban J connectivity index is 1.58. The molecule has 0 radical (unpaired) electrons. The average Bonchev–Trinajstić information content (AvgIpc) is 2.41. The zero-order valence-corrected chi connectivity index (χ0v) is 10.9. The maximum atomic E-state index is 11.9. The molecule has 2 rings (SSSR count). The predicted octanol–water partition coefficient (Wildman–Crippen LogP) is 2.17. The molecule has 0 unspecified atom stereocenters. The van der Waals surface area contributed by atoms with E-state index in [-0.39, 0.29) is 0 Å². The van der Waals surface area contributed by atoms with Gasteiger partial charge in [0.05, 0.1) is 6.54 Å². The molecule has 1 aliphatic heterocycles. The molecule has 0 aromatic heterocycles. The summed E-state index contributed by atoms with van der Waals surface area (Å²) >= 11 is 0. The molecule has 1 heterocycles. The second-order valence-corrected chi connectivity index (χ2v) is 5.58. The summed E-state index contributed by atoms with van der Waals surface area (Å²) < 4.78 is 0. The van der Waals surface area contributed by atoms with Crippen LogP contribution < -0.4 is 5.32 Å². The first kappa shape index (κ1) is 12.9. The summed E-state index contributed by atoms with van der Waals surface area (Å²) in [4.78, 5) is 13.9. The Morgan fingerprint density at radius 2 is 1.65 bits per heavy atom. The summed E-state index contributed by atoms with van der Waals surface area (Å²) in [6.07, 6.45) is 10.5. The molecule has 2 aliphatic rings. The van der Waals surface area contributed by atoms with Crippen LogP contribution in [0.5, 0.6) is 0 Å². The maximum absolute atomic E-state index is 11.9. The largest absolute Gasteiger partial charge is 0.342 e. The van der Waals surface area contributed by atoms with E-state index in [0.29, 0.717) is 12.5 Å². The Morgan fingerprint density at radius 1 is 1.00 bits per heavy atom. The zero-order chi connectivity index (χ0) is 11.9. The van der Waals surface area contributed by atoms with Gasteiger partial charge in [-0.15, -0.1) is 0 Å². The highest BCUT2D eigenvalue weighted by Gasteiger charge is 2.17. The topological polar surface area (TPSA) is 32.3 Å². The van der Waals surface area contributed by atoms with Gasteiger partial charge >= 0.3 is 0 Å². The molecule has 1 saturated heterocycles. The molecule has 0 bridgehead atoms. The Bertz CT molecular complexity index is 230. The minimum Gasteiger partial charge on any atom is -0.342 e. The molecule has 3 nitrogen and oxygen atoms in total. The summed E-state index contributed by atoms with van der Waals surface area (Å²) in [7, 11) is 0. The number of piperidine rings is 1. The van der Waals surface area contributed by atoms with Crippen LogP contribution in [-0.4, -0.2) is 37.0 Å². The van der Waals surface area contributed by atoms with Gasteiger partial charge in [-0.3, -0.25) is 4.79 Å². The van der Waals surface area contributed by atoms with Crippen LogP contribution in [0, 0.1) is 5.92 Å². The summed E-state index contributed by atoms with van der Waals surface area (Å²) in [6.45, 7) is 3.55. The van der Waals surface area contributed by atoms with Gasteiger partial charge in [0.25, 0.3) is 0 Å². The molecule has 17 heavy (non-hydrogen) atoms. The Kier molecular flexibility index (Phi) is 5.30. The third-order valence-electron chi connectivity index (χ3n) is 4.14. The number of carbonyl (C=O) groups is 1. The summed E-state index contributed by atoms with van der Waals surface area (Å²) in [6, 6.07) is 0. The Hall–Kier alpha value is -0.570. The zero-order valence-electron chi connectivity index (χ0n) is 10.9. The average molecular weight is 238 g/mol. The number of likely N-dealkylation sites (tertiary alicyclic amines) is 1. The smallest absolute Gasteiger partial charge is 0.236 e. The molecular formula is C14H26N2O. The van der Waals surface area contributed by atoms with Crippen molar-refractivity contribution in [3.63, 3.8) is 0 Å². The highest BCUT2D eigenvalue weighted by atomic mass is 16.2. The van der Waals surface area contributed by atoms with Gasteiger partial charge in [-0.25, -0.2) is 0 Å². The maximum Gasteiger partial charge on any atom is 0.236 e. The van der Waals surface area contributed by atoms with Crippen LogP contribution >= 0.6 is 0 Å². The molecule has 1 N–H and O–H groups in total. The van der Waals surface area contributed by atoms with Crippen LogP contribution in [0.3, 0.4) is 0 Å². The molecule has 2 fully saturated rings. The first-order valence-electron chi connectivity index (χ1n) is 7.35. The van der Waals surface area contributed by atoms with Crippen molar-refractivity contribution in [1.29, 1.82) is 0 Å². The lowest BCUT2D eigenvalue weighted by molar-refractivity contribution is -0.131. The highest BCUT2D eigenvalue weighted by Crippen LogP contribution is 2.22. The number of amides is 1. The third-order valence-corrected chi connectivity index (χ3v) is 4.14. The van der Waals surface area contributed by atoms with Gasteiger partial charge in [-0.1, -0.05) is 19.3 Å². The molecule has 0 spiro atoms. The van der Waals surface area contributed by atoms with Crippen molar-refractivity contribution < 1.29 is 4.79 Å². The van der Waals surface area contributed by atoms with E-state index in [1.165, 1.54) is 51.4 Å². The van der Waals surface area contributed by atoms with Gasteiger partial charge in [0.1, 0.15) is 0 Å². The number of rotatable bonds is 4. The van der Waals surface area contributed by atoms with Crippen molar-refractivity contribution in [2.24, 2.45) is 5.92 Å². The minimum absolute atomic E-state index is 0.306. The first-order valence-corrected chi connectivity index (χ1v) is 7.35. The normalized spacial score (nSPS) is 22.7. The summed E-state index contributed by atoms with van der Waals surface area (Å²) in [5.41, 5.74) is 0. The fourth-order valence-electron chi connectivity index (χ4n) is 3.03. The lowest BCUT2D eigenvalue weighted by Gasteiger charge is -2.27. The van der Waals surface area contributed by atoms with Crippen molar-refractivity contribution in [2.75, 3.05) is 26.2 Å². The number of hydrogen-bond acceptors (Lipinski definition) is 2. The fourth-order valence-corrected chi connectivity index (χ4v) is 3.03. The minimum atomic E-state index is 0.306. The molecule has 0 aromatic carbocycles. The van der Waals surface area contributed by atoms with E-state index in [4.69, 9.17) is 0 Å². The van der Waals surface area contributed by atoms with Crippen molar-refractivity contribution in [3.8, 4) is 0 Å². The van der Waals surface area contributed by atoms with Crippen LogP contribution in [0.15, 0.2) is 0 Å². The van der Waals surface area contributed by atoms with E-state index in [9.17, 15) is 4.79 Å². The van der Waals surface area contributed by atoms with E-state index in [1.54, 1.807) is 0 Å². The van der Waals surface area contributed by atoms with Crippen LogP contribution in [0.2, 0.25) is 0 Å². The number of nitrogens with zero attached hydrogens (tertiary/aromatic N) is 1. The van der Waals surface area contributed by atoms with Crippen molar-refractivity contribution in [1.82, 2.24) is 10.2 Å². The number of hydrogen-bond donors (Lipinski definition) is 1. The molecule has 1 saturated carbocycles. The van der Waals surface area contributed by atoms with Gasteiger partial charge in [0, 0.05) is 13.1 Å². The van der Waals surface area contributed by atoms with Crippen LogP contribution in [0.1, 0.15) is 51.4 Å². The molecule has 3 heteroatoms. The van der Waals surface area contributed by atoms with Crippen LogP contribution in [-0.2, 0) is 4.79 Å². The Morgan fingerprint density at radius 3 is 2.35 bits per heavy atom. The SMILES string of the molecule is O=C(CNCC1CCCCC1)N1CCCCC1. The van der Waals surface area contributed by atoms with Crippen LogP contribution in [0.4, 0.5) is 0 Å². The third kappa shape index (κ3) is 4.30. The molecule has 1 amide bonds. The number of carbonyl (C=O) groups excluding carboxylic acids is 1. The lowest BCUT2D eigenvalue weighted by Crippen LogP contribution is -2.42. The van der Waals surface area contributed by atoms with Gasteiger partial charge in [0.2, 0.25) is 5.91 Å². The monoisotopic (exact) mass is 238 g/mol. The molecule has 98 valence electrons. The van der Waals surface area contributed by atoms with Crippen molar-refractivity contribution >= 4 is 5.91 Å². The predicted molar refractivity (Wildman–Crippen MR) is 69.9 cm³/mol. The summed E-state index contributed by atoms with van der Waals surface area (Å²) in [5.74, 6) is 1.12. The van der Waals surface area contributed by atoms with E-state index in [1.807, 2.05) is 4.90 Å². The standard InChI is InChI=1S/C14H26N2O/c17-14(16-9-5-2-6-10-16)12-15-11-13-7-3-1-4-8-13/h13,15H,1-12H2. The highest BCUT2D eigenvalue weighted by molar-refractivity contribution is 5.78. The second-order valence-electron chi connectivity index (χ2n) is 5.58. The van der Waals surface area contributed by atoms with Gasteiger partial charge in [-0.2, -0.15) is 0 Å². The number of nitrogens with one attached hydrogen (secondary N) is 1.